The van der Waals surface area contributed by atoms with Gasteiger partial charge in [-0.15, -0.1) is 0 Å². The molecular weight excluding hydrogens is 256 g/mol. The second-order valence-corrected chi connectivity index (χ2v) is 11.0. The zero-order valence-corrected chi connectivity index (χ0v) is 12.6. The molecule has 1 heterocycles. The number of imidazole rings is 1. The molecule has 6 heteroatoms. The summed E-state index contributed by atoms with van der Waals surface area (Å²) >= 11 is 0. The third-order valence-corrected chi connectivity index (χ3v) is 4.21. The van der Waals surface area contributed by atoms with Gasteiger partial charge in [0.1, 0.15) is 24.4 Å². The lowest BCUT2D eigenvalue weighted by Crippen LogP contribution is -2.22. The Morgan fingerprint density at radius 2 is 2.11 bits per heavy atom. The Morgan fingerprint density at radius 1 is 1.42 bits per heavy atom. The predicted octanol–water partition coefficient (Wildman–Crippen LogP) is 2.63. The van der Waals surface area contributed by atoms with Gasteiger partial charge in [0.05, 0.1) is 18.2 Å². The molecule has 0 aliphatic heterocycles. The first kappa shape index (κ1) is 15.2. The maximum Gasteiger partial charge on any atom is 0.131 e. The SMILES string of the molecule is C[Si](C)(C)CCOCn1cncc1C=C(C#N)C#N. The molecule has 0 aliphatic rings. The highest BCUT2D eigenvalue weighted by Crippen LogP contribution is 2.09. The van der Waals surface area contributed by atoms with Gasteiger partial charge < -0.3 is 9.30 Å². The smallest absolute Gasteiger partial charge is 0.131 e. The first-order valence-corrected chi connectivity index (χ1v) is 9.77. The Labute approximate surface area is 114 Å². The van der Waals surface area contributed by atoms with Gasteiger partial charge in [-0.1, -0.05) is 19.6 Å². The Morgan fingerprint density at radius 3 is 2.68 bits per heavy atom. The van der Waals surface area contributed by atoms with Crippen LogP contribution in [0, 0.1) is 22.7 Å². The van der Waals surface area contributed by atoms with Gasteiger partial charge in [-0.25, -0.2) is 4.98 Å². The average molecular weight is 274 g/mol. The van der Waals surface area contributed by atoms with E-state index >= 15 is 0 Å². The molecule has 0 atom stereocenters. The largest absolute Gasteiger partial charge is 0.361 e. The van der Waals surface area contributed by atoms with Crippen molar-refractivity contribution in [3.63, 3.8) is 0 Å². The molecule has 0 spiro atoms. The van der Waals surface area contributed by atoms with E-state index in [4.69, 9.17) is 15.3 Å². The topological polar surface area (TPSA) is 74.6 Å². The summed E-state index contributed by atoms with van der Waals surface area (Å²) in [4.78, 5) is 4.00. The molecule has 0 saturated carbocycles. The van der Waals surface area contributed by atoms with Crippen molar-refractivity contribution in [1.82, 2.24) is 9.55 Å². The van der Waals surface area contributed by atoms with Crippen molar-refractivity contribution in [1.29, 1.82) is 10.5 Å². The lowest BCUT2D eigenvalue weighted by Gasteiger charge is -2.15. The van der Waals surface area contributed by atoms with Gasteiger partial charge >= 0.3 is 0 Å². The van der Waals surface area contributed by atoms with Crippen LogP contribution in [0.2, 0.25) is 25.7 Å². The van der Waals surface area contributed by atoms with Crippen LogP contribution in [0.15, 0.2) is 18.1 Å². The van der Waals surface area contributed by atoms with Crippen LogP contribution in [-0.2, 0) is 11.5 Å². The number of nitriles is 2. The molecule has 0 radical (unpaired) electrons. The minimum atomic E-state index is -1.08. The van der Waals surface area contributed by atoms with Gasteiger partial charge in [0, 0.05) is 14.7 Å². The fourth-order valence-electron chi connectivity index (χ4n) is 1.34. The van der Waals surface area contributed by atoms with E-state index < -0.39 is 8.07 Å². The lowest BCUT2D eigenvalue weighted by molar-refractivity contribution is 0.0867. The third-order valence-electron chi connectivity index (χ3n) is 2.50. The van der Waals surface area contributed by atoms with Gasteiger partial charge in [0.15, 0.2) is 0 Å². The molecule has 100 valence electrons. The molecule has 0 aliphatic carbocycles. The van der Waals surface area contributed by atoms with E-state index in [-0.39, 0.29) is 5.57 Å². The Kier molecular flexibility index (Phi) is 5.50. The summed E-state index contributed by atoms with van der Waals surface area (Å²) in [6.07, 6.45) is 4.75. The van der Waals surface area contributed by atoms with E-state index in [1.807, 2.05) is 12.1 Å². The summed E-state index contributed by atoms with van der Waals surface area (Å²) in [6, 6.07) is 4.76. The normalized spacial score (nSPS) is 10.6. The predicted molar refractivity (Wildman–Crippen MR) is 75.5 cm³/mol. The lowest BCUT2D eigenvalue weighted by atomic mass is 10.2. The Bertz CT molecular complexity index is 512. The molecule has 0 saturated heterocycles. The summed E-state index contributed by atoms with van der Waals surface area (Å²) in [5.74, 6) is 0. The van der Waals surface area contributed by atoms with Crippen LogP contribution in [0.4, 0.5) is 0 Å². The number of rotatable bonds is 6. The van der Waals surface area contributed by atoms with E-state index in [1.165, 1.54) is 6.08 Å². The molecular formula is C13H18N4OSi. The number of allylic oxidation sites excluding steroid dienone is 1. The van der Waals surface area contributed by atoms with Crippen molar-refractivity contribution in [3.05, 3.63) is 23.8 Å². The number of hydrogen-bond acceptors (Lipinski definition) is 4. The molecule has 1 rings (SSSR count). The van der Waals surface area contributed by atoms with Crippen LogP contribution in [0.3, 0.4) is 0 Å². The van der Waals surface area contributed by atoms with Crippen molar-refractivity contribution in [2.75, 3.05) is 6.61 Å². The molecule has 19 heavy (non-hydrogen) atoms. The van der Waals surface area contributed by atoms with E-state index in [1.54, 1.807) is 17.1 Å². The van der Waals surface area contributed by atoms with Crippen LogP contribution >= 0.6 is 0 Å². The van der Waals surface area contributed by atoms with Crippen LogP contribution in [-0.4, -0.2) is 24.2 Å². The highest BCUT2D eigenvalue weighted by molar-refractivity contribution is 6.76. The first-order chi connectivity index (χ1) is 8.96. The molecule has 0 fully saturated rings. The molecule has 0 bridgehead atoms. The van der Waals surface area contributed by atoms with Crippen molar-refractivity contribution in [3.8, 4) is 12.1 Å². The van der Waals surface area contributed by atoms with E-state index in [2.05, 4.69) is 24.6 Å². The van der Waals surface area contributed by atoms with Crippen LogP contribution in [0.25, 0.3) is 6.08 Å². The second-order valence-electron chi connectivity index (χ2n) is 5.42. The number of aromatic nitrogens is 2. The molecule has 0 amide bonds. The summed E-state index contributed by atoms with van der Waals surface area (Å²) < 4.78 is 7.38. The van der Waals surface area contributed by atoms with Crippen LogP contribution in [0.5, 0.6) is 0 Å². The molecule has 0 unspecified atom stereocenters. The van der Waals surface area contributed by atoms with Crippen LogP contribution < -0.4 is 0 Å². The van der Waals surface area contributed by atoms with Gasteiger partial charge in [0.25, 0.3) is 0 Å². The monoisotopic (exact) mass is 274 g/mol. The number of nitrogens with zero attached hydrogens (tertiary/aromatic N) is 4. The molecule has 5 nitrogen and oxygen atoms in total. The zero-order valence-electron chi connectivity index (χ0n) is 11.6. The van der Waals surface area contributed by atoms with Crippen molar-refractivity contribution in [2.24, 2.45) is 0 Å². The zero-order chi connectivity index (χ0) is 14.3. The van der Waals surface area contributed by atoms with E-state index in [0.29, 0.717) is 12.4 Å². The second kappa shape index (κ2) is 6.88. The highest BCUT2D eigenvalue weighted by Gasteiger charge is 2.12. The molecule has 0 N–H and O–H groups in total. The third kappa shape index (κ3) is 5.52. The number of hydrogen-bond donors (Lipinski definition) is 0. The van der Waals surface area contributed by atoms with Gasteiger partial charge in [-0.05, 0) is 12.1 Å². The molecule has 1 aromatic heterocycles. The summed E-state index contributed by atoms with van der Waals surface area (Å²) in [6.45, 7) is 8.01. The maximum absolute atomic E-state index is 8.72. The van der Waals surface area contributed by atoms with Gasteiger partial charge in [-0.2, -0.15) is 10.5 Å². The standard InChI is InChI=1S/C13H18N4OSi/c1-19(2,3)5-4-18-11-17-10-16-9-13(17)6-12(7-14)8-15/h6,9-10H,4-5,11H2,1-3H3. The fourth-order valence-corrected chi connectivity index (χ4v) is 2.09. The minimum Gasteiger partial charge on any atom is -0.361 e. The highest BCUT2D eigenvalue weighted by atomic mass is 28.3. The van der Waals surface area contributed by atoms with Crippen molar-refractivity contribution >= 4 is 14.1 Å². The van der Waals surface area contributed by atoms with E-state index in [0.717, 1.165) is 12.7 Å². The summed E-state index contributed by atoms with van der Waals surface area (Å²) in [7, 11) is -1.08. The van der Waals surface area contributed by atoms with Gasteiger partial charge in [0.2, 0.25) is 0 Å². The quantitative estimate of drug-likeness (QED) is 0.454. The van der Waals surface area contributed by atoms with Crippen LogP contribution in [0.1, 0.15) is 5.69 Å². The van der Waals surface area contributed by atoms with Gasteiger partial charge in [-0.3, -0.25) is 0 Å². The van der Waals surface area contributed by atoms with Crippen molar-refractivity contribution < 1.29 is 4.74 Å². The summed E-state index contributed by atoms with van der Waals surface area (Å²) in [5, 5.41) is 17.4. The average Bonchev–Trinajstić information content (AvgIpc) is 2.78. The van der Waals surface area contributed by atoms with E-state index in [9.17, 15) is 0 Å². The fraction of sp³-hybridized carbons (Fsp3) is 0.462. The molecule has 1 aromatic rings. The first-order valence-electron chi connectivity index (χ1n) is 6.06. The molecule has 0 aromatic carbocycles. The van der Waals surface area contributed by atoms with Crippen molar-refractivity contribution in [2.45, 2.75) is 32.4 Å². The Balaban J connectivity index is 2.58. The Hall–Kier alpha value is -1.89. The summed E-state index contributed by atoms with van der Waals surface area (Å²) in [5.41, 5.74) is 0.759. The maximum atomic E-state index is 8.72. The number of ether oxygens (including phenoxy) is 1. The minimum absolute atomic E-state index is 0.0591.